The van der Waals surface area contributed by atoms with E-state index in [1.807, 2.05) is 0 Å². The summed E-state index contributed by atoms with van der Waals surface area (Å²) >= 11 is 1.34. The molecule has 0 unspecified atom stereocenters. The minimum atomic E-state index is -0.364. The van der Waals surface area contributed by atoms with Gasteiger partial charge in [-0.25, -0.2) is 4.39 Å². The van der Waals surface area contributed by atoms with E-state index in [0.717, 1.165) is 25.9 Å². The maximum absolute atomic E-state index is 12.9. The summed E-state index contributed by atoms with van der Waals surface area (Å²) in [5.74, 6) is -0.662. The van der Waals surface area contributed by atoms with Crippen molar-refractivity contribution in [3.63, 3.8) is 0 Å². The molecule has 1 aromatic carbocycles. The number of rotatable bonds is 6. The Morgan fingerprint density at radius 3 is 2.61 bits per heavy atom. The second kappa shape index (κ2) is 9.44. The molecule has 0 aliphatic carbocycles. The molecule has 2 amide bonds. The van der Waals surface area contributed by atoms with Crippen LogP contribution in [0.4, 0.5) is 9.39 Å². The van der Waals surface area contributed by atoms with E-state index in [9.17, 15) is 14.0 Å². The van der Waals surface area contributed by atoms with Crippen LogP contribution in [0.2, 0.25) is 0 Å². The highest BCUT2D eigenvalue weighted by Gasteiger charge is 2.21. The van der Waals surface area contributed by atoms with Gasteiger partial charge in [-0.15, -0.1) is 11.3 Å². The quantitative estimate of drug-likeness (QED) is 0.781. The number of anilines is 1. The van der Waals surface area contributed by atoms with E-state index in [4.69, 9.17) is 5.26 Å². The zero-order valence-electron chi connectivity index (χ0n) is 15.3. The fourth-order valence-electron chi connectivity index (χ4n) is 3.11. The zero-order valence-corrected chi connectivity index (χ0v) is 16.1. The molecule has 1 saturated heterocycles. The third kappa shape index (κ3) is 5.38. The highest BCUT2D eigenvalue weighted by Crippen LogP contribution is 2.22. The number of thiophene rings is 1. The minimum Gasteiger partial charge on any atom is -0.349 e. The SMILES string of the molecule is N#Cc1ccsc1NC(=O)CCN1CCC(NC(=O)c2ccc(F)cc2)CC1. The topological polar surface area (TPSA) is 85.2 Å². The van der Waals surface area contributed by atoms with Crippen molar-refractivity contribution in [3.05, 3.63) is 52.7 Å². The molecule has 0 atom stereocenters. The number of amides is 2. The molecule has 2 N–H and O–H groups in total. The van der Waals surface area contributed by atoms with Gasteiger partial charge in [0.25, 0.3) is 5.91 Å². The summed E-state index contributed by atoms with van der Waals surface area (Å²) in [6.07, 6.45) is 1.96. The van der Waals surface area contributed by atoms with Crippen LogP contribution in [0, 0.1) is 17.1 Å². The van der Waals surface area contributed by atoms with Crippen molar-refractivity contribution in [2.45, 2.75) is 25.3 Å². The van der Waals surface area contributed by atoms with Gasteiger partial charge in [0.1, 0.15) is 16.9 Å². The molecule has 0 radical (unpaired) electrons. The van der Waals surface area contributed by atoms with Gasteiger partial charge in [0, 0.05) is 37.7 Å². The van der Waals surface area contributed by atoms with Crippen LogP contribution in [0.3, 0.4) is 0 Å². The van der Waals surface area contributed by atoms with Gasteiger partial charge in [-0.05, 0) is 48.6 Å². The molecule has 28 heavy (non-hydrogen) atoms. The lowest BCUT2D eigenvalue weighted by Gasteiger charge is -2.32. The maximum Gasteiger partial charge on any atom is 0.251 e. The van der Waals surface area contributed by atoms with E-state index in [1.54, 1.807) is 11.4 Å². The van der Waals surface area contributed by atoms with Crippen molar-refractivity contribution in [1.82, 2.24) is 10.2 Å². The molecule has 1 aliphatic heterocycles. The first-order valence-corrected chi connectivity index (χ1v) is 9.99. The highest BCUT2D eigenvalue weighted by molar-refractivity contribution is 7.14. The Kier molecular flexibility index (Phi) is 6.74. The van der Waals surface area contributed by atoms with Gasteiger partial charge in [-0.1, -0.05) is 0 Å². The summed E-state index contributed by atoms with van der Waals surface area (Å²) < 4.78 is 12.9. The van der Waals surface area contributed by atoms with Gasteiger partial charge in [0.15, 0.2) is 0 Å². The fraction of sp³-hybridized carbons (Fsp3) is 0.350. The summed E-state index contributed by atoms with van der Waals surface area (Å²) in [6.45, 7) is 2.23. The Bertz CT molecular complexity index is 867. The van der Waals surface area contributed by atoms with Crippen molar-refractivity contribution in [2.24, 2.45) is 0 Å². The van der Waals surface area contributed by atoms with E-state index < -0.39 is 0 Å². The number of nitrogens with one attached hydrogen (secondary N) is 2. The Morgan fingerprint density at radius 1 is 1.21 bits per heavy atom. The maximum atomic E-state index is 12.9. The molecule has 1 aliphatic rings. The number of hydrogen-bond donors (Lipinski definition) is 2. The summed E-state index contributed by atoms with van der Waals surface area (Å²) in [4.78, 5) is 26.5. The van der Waals surface area contributed by atoms with Crippen molar-refractivity contribution in [2.75, 3.05) is 25.0 Å². The molecule has 0 bridgehead atoms. The van der Waals surface area contributed by atoms with Crippen LogP contribution in [-0.4, -0.2) is 42.4 Å². The molecule has 2 aromatic rings. The number of likely N-dealkylation sites (tertiary alicyclic amines) is 1. The lowest BCUT2D eigenvalue weighted by Crippen LogP contribution is -2.45. The summed E-state index contributed by atoms with van der Waals surface area (Å²) in [5, 5.41) is 17.1. The van der Waals surface area contributed by atoms with Gasteiger partial charge >= 0.3 is 0 Å². The van der Waals surface area contributed by atoms with Gasteiger partial charge in [-0.3, -0.25) is 9.59 Å². The molecule has 0 spiro atoms. The first kappa shape index (κ1) is 20.0. The third-order valence-corrected chi connectivity index (χ3v) is 5.55. The van der Waals surface area contributed by atoms with Crippen LogP contribution in [-0.2, 0) is 4.79 Å². The number of benzene rings is 1. The largest absolute Gasteiger partial charge is 0.349 e. The number of hydrogen-bond acceptors (Lipinski definition) is 5. The average molecular weight is 400 g/mol. The number of nitrogens with zero attached hydrogens (tertiary/aromatic N) is 2. The van der Waals surface area contributed by atoms with Gasteiger partial charge < -0.3 is 15.5 Å². The van der Waals surface area contributed by atoms with E-state index >= 15 is 0 Å². The summed E-state index contributed by atoms with van der Waals surface area (Å²) in [5.41, 5.74) is 0.932. The Morgan fingerprint density at radius 2 is 1.93 bits per heavy atom. The molecule has 3 rings (SSSR count). The second-order valence-electron chi connectivity index (χ2n) is 6.67. The zero-order chi connectivity index (χ0) is 19.9. The van der Waals surface area contributed by atoms with Crippen molar-refractivity contribution in [1.29, 1.82) is 5.26 Å². The first-order chi connectivity index (χ1) is 13.5. The van der Waals surface area contributed by atoms with Crippen LogP contribution in [0.25, 0.3) is 0 Å². The van der Waals surface area contributed by atoms with Crippen molar-refractivity contribution >= 4 is 28.2 Å². The molecule has 0 saturated carbocycles. The number of carbonyl (C=O) groups excluding carboxylic acids is 2. The van der Waals surface area contributed by atoms with Crippen LogP contribution >= 0.6 is 11.3 Å². The first-order valence-electron chi connectivity index (χ1n) is 9.11. The molecule has 146 valence electrons. The Balaban J connectivity index is 1.38. The van der Waals surface area contributed by atoms with Crippen molar-refractivity contribution < 1.29 is 14.0 Å². The van der Waals surface area contributed by atoms with Crippen LogP contribution in [0.5, 0.6) is 0 Å². The van der Waals surface area contributed by atoms with Crippen LogP contribution in [0.15, 0.2) is 35.7 Å². The molecule has 2 heterocycles. The van der Waals surface area contributed by atoms with Gasteiger partial charge in [-0.2, -0.15) is 5.26 Å². The molecular formula is C20H21FN4O2S. The monoisotopic (exact) mass is 400 g/mol. The number of halogens is 1. The van der Waals surface area contributed by atoms with Crippen molar-refractivity contribution in [3.8, 4) is 6.07 Å². The van der Waals surface area contributed by atoms with Gasteiger partial charge in [0.2, 0.25) is 5.91 Å². The predicted molar refractivity (Wildman–Crippen MR) is 106 cm³/mol. The second-order valence-corrected chi connectivity index (χ2v) is 7.59. The summed E-state index contributed by atoms with van der Waals surface area (Å²) in [7, 11) is 0. The normalized spacial score (nSPS) is 15.0. The standard InChI is InChI=1S/C20H21FN4O2S/c21-16-3-1-14(2-4-16)19(27)23-17-5-9-25(10-6-17)11-7-18(26)24-20-15(13-22)8-12-28-20/h1-4,8,12,17H,5-7,9-11H2,(H,23,27)(H,24,26). The van der Waals surface area contributed by atoms with E-state index in [-0.39, 0.29) is 23.7 Å². The lowest BCUT2D eigenvalue weighted by molar-refractivity contribution is -0.116. The van der Waals surface area contributed by atoms with Crippen LogP contribution < -0.4 is 10.6 Å². The average Bonchev–Trinajstić information content (AvgIpc) is 3.15. The number of carbonyl (C=O) groups is 2. The fourth-order valence-corrected chi connectivity index (χ4v) is 3.87. The third-order valence-electron chi connectivity index (χ3n) is 4.72. The number of piperidine rings is 1. The Hall–Kier alpha value is -2.76. The summed E-state index contributed by atoms with van der Waals surface area (Å²) in [6, 6.07) is 9.32. The smallest absolute Gasteiger partial charge is 0.251 e. The molecule has 6 nitrogen and oxygen atoms in total. The van der Waals surface area contributed by atoms with Gasteiger partial charge in [0.05, 0.1) is 5.56 Å². The minimum absolute atomic E-state index is 0.0759. The molecular weight excluding hydrogens is 379 g/mol. The predicted octanol–water partition coefficient (Wildman–Crippen LogP) is 2.98. The number of nitriles is 1. The highest BCUT2D eigenvalue weighted by atomic mass is 32.1. The van der Waals surface area contributed by atoms with E-state index in [0.29, 0.717) is 29.1 Å². The van der Waals surface area contributed by atoms with E-state index in [2.05, 4.69) is 21.6 Å². The van der Waals surface area contributed by atoms with Crippen LogP contribution in [0.1, 0.15) is 35.2 Å². The Labute approximate surface area is 167 Å². The molecule has 8 heteroatoms. The lowest BCUT2D eigenvalue weighted by atomic mass is 10.0. The molecule has 1 aromatic heterocycles. The molecule has 1 fully saturated rings. The van der Waals surface area contributed by atoms with E-state index in [1.165, 1.54) is 35.6 Å².